The third-order valence-electron chi connectivity index (χ3n) is 2.06. The third-order valence-corrected chi connectivity index (χ3v) is 3.29. The zero-order chi connectivity index (χ0) is 12.4. The van der Waals surface area contributed by atoms with Crippen LogP contribution in [0, 0.1) is 0 Å². The molecule has 0 aliphatic rings. The molecule has 2 aromatic heterocycles. The van der Waals surface area contributed by atoms with E-state index >= 15 is 0 Å². The lowest BCUT2D eigenvalue weighted by Gasteiger charge is -2.02. The Morgan fingerprint density at radius 2 is 2.35 bits per heavy atom. The molecule has 0 aliphatic heterocycles. The highest BCUT2D eigenvalue weighted by Crippen LogP contribution is 2.13. The predicted octanol–water partition coefficient (Wildman–Crippen LogP) is 1.65. The van der Waals surface area contributed by atoms with Gasteiger partial charge in [0.2, 0.25) is 5.89 Å². The van der Waals surface area contributed by atoms with Crippen molar-refractivity contribution in [3.63, 3.8) is 0 Å². The number of aryl methyl sites for hydroxylation is 1. The van der Waals surface area contributed by atoms with E-state index in [4.69, 9.17) is 16.1 Å². The summed E-state index contributed by atoms with van der Waals surface area (Å²) in [5.41, 5.74) is -0.284. The predicted molar refractivity (Wildman–Crippen MR) is 64.0 cm³/mol. The average Bonchev–Trinajstić information content (AvgIpc) is 2.78. The van der Waals surface area contributed by atoms with Gasteiger partial charge in [-0.2, -0.15) is 4.98 Å². The zero-order valence-corrected chi connectivity index (χ0v) is 11.2. The van der Waals surface area contributed by atoms with E-state index in [1.807, 2.05) is 6.92 Å². The van der Waals surface area contributed by atoms with E-state index < -0.39 is 0 Å². The number of hydrogen-bond donors (Lipinski definition) is 0. The van der Waals surface area contributed by atoms with Crippen LogP contribution in [0.5, 0.6) is 0 Å². The average molecular weight is 320 g/mol. The van der Waals surface area contributed by atoms with Crippen molar-refractivity contribution in [2.45, 2.75) is 19.9 Å². The quantitative estimate of drug-likeness (QED) is 0.804. The van der Waals surface area contributed by atoms with Gasteiger partial charge in [0.05, 0.1) is 12.9 Å². The van der Waals surface area contributed by atoms with Crippen LogP contribution in [0.2, 0.25) is 5.15 Å². The molecule has 17 heavy (non-hydrogen) atoms. The van der Waals surface area contributed by atoms with Gasteiger partial charge in [-0.05, 0) is 15.9 Å². The number of rotatable bonds is 3. The van der Waals surface area contributed by atoms with E-state index in [-0.39, 0.29) is 21.7 Å². The standard InChI is InChI=1S/C9H8BrClN4O2/c1-2-6-13-5(14-17-6)3-15-4-12-8(11)7(10)9(15)16/h4H,2-3H2,1H3. The maximum Gasteiger partial charge on any atom is 0.269 e. The Hall–Kier alpha value is -1.21. The second-order valence-corrected chi connectivity index (χ2v) is 4.39. The Balaban J connectivity index is 2.30. The van der Waals surface area contributed by atoms with Crippen LogP contribution < -0.4 is 5.56 Å². The molecule has 0 aromatic carbocycles. The van der Waals surface area contributed by atoms with Crippen LogP contribution in [0.4, 0.5) is 0 Å². The maximum absolute atomic E-state index is 11.8. The maximum atomic E-state index is 11.8. The Bertz CT molecular complexity index is 595. The van der Waals surface area contributed by atoms with Gasteiger partial charge in [-0.3, -0.25) is 9.36 Å². The number of nitrogens with zero attached hydrogens (tertiary/aromatic N) is 4. The normalized spacial score (nSPS) is 10.8. The first-order valence-electron chi connectivity index (χ1n) is 4.83. The molecule has 0 N–H and O–H groups in total. The molecule has 0 saturated heterocycles. The van der Waals surface area contributed by atoms with Crippen molar-refractivity contribution in [1.82, 2.24) is 19.7 Å². The minimum Gasteiger partial charge on any atom is -0.339 e. The van der Waals surface area contributed by atoms with E-state index in [2.05, 4.69) is 31.1 Å². The second kappa shape index (κ2) is 4.97. The molecule has 6 nitrogen and oxygen atoms in total. The molecule has 0 amide bonds. The Morgan fingerprint density at radius 3 is 3.00 bits per heavy atom. The van der Waals surface area contributed by atoms with Gasteiger partial charge < -0.3 is 4.52 Å². The van der Waals surface area contributed by atoms with Crippen LogP contribution in [-0.4, -0.2) is 19.7 Å². The van der Waals surface area contributed by atoms with Gasteiger partial charge in [0.25, 0.3) is 5.56 Å². The largest absolute Gasteiger partial charge is 0.339 e. The SMILES string of the molecule is CCc1nc(Cn2cnc(Cl)c(Br)c2=O)no1. The lowest BCUT2D eigenvalue weighted by atomic mass is 10.5. The highest BCUT2D eigenvalue weighted by Gasteiger charge is 2.10. The van der Waals surface area contributed by atoms with E-state index in [9.17, 15) is 4.79 Å². The highest BCUT2D eigenvalue weighted by atomic mass is 79.9. The fourth-order valence-electron chi connectivity index (χ4n) is 1.21. The Morgan fingerprint density at radius 1 is 1.59 bits per heavy atom. The van der Waals surface area contributed by atoms with Crippen molar-refractivity contribution in [2.75, 3.05) is 0 Å². The number of halogens is 2. The summed E-state index contributed by atoms with van der Waals surface area (Å²) in [6.45, 7) is 2.11. The van der Waals surface area contributed by atoms with Crippen molar-refractivity contribution in [3.05, 3.63) is 38.0 Å². The van der Waals surface area contributed by atoms with Gasteiger partial charge in [0.1, 0.15) is 4.47 Å². The van der Waals surface area contributed by atoms with Crippen LogP contribution in [0.15, 0.2) is 20.1 Å². The fraction of sp³-hybridized carbons (Fsp3) is 0.333. The van der Waals surface area contributed by atoms with E-state index in [0.717, 1.165) is 0 Å². The molecule has 2 heterocycles. The summed E-state index contributed by atoms with van der Waals surface area (Å²) >= 11 is 8.76. The van der Waals surface area contributed by atoms with Crippen molar-refractivity contribution in [3.8, 4) is 0 Å². The highest BCUT2D eigenvalue weighted by molar-refractivity contribution is 9.10. The van der Waals surface area contributed by atoms with Crippen LogP contribution >= 0.6 is 27.5 Å². The lowest BCUT2D eigenvalue weighted by Crippen LogP contribution is -2.22. The van der Waals surface area contributed by atoms with Gasteiger partial charge in [0, 0.05) is 6.42 Å². The van der Waals surface area contributed by atoms with Crippen molar-refractivity contribution < 1.29 is 4.52 Å². The van der Waals surface area contributed by atoms with Crippen LogP contribution in [-0.2, 0) is 13.0 Å². The smallest absolute Gasteiger partial charge is 0.269 e. The van der Waals surface area contributed by atoms with Gasteiger partial charge >= 0.3 is 0 Å². The minimum absolute atomic E-state index is 0.133. The summed E-state index contributed by atoms with van der Waals surface area (Å²) in [5.74, 6) is 0.967. The molecule has 0 saturated carbocycles. The van der Waals surface area contributed by atoms with E-state index in [1.54, 1.807) is 0 Å². The third kappa shape index (κ3) is 2.55. The Labute approximate surface area is 110 Å². The second-order valence-electron chi connectivity index (χ2n) is 3.24. The molecule has 0 atom stereocenters. The van der Waals surface area contributed by atoms with E-state index in [0.29, 0.717) is 18.1 Å². The van der Waals surface area contributed by atoms with Gasteiger partial charge in [-0.1, -0.05) is 23.7 Å². The van der Waals surface area contributed by atoms with Crippen molar-refractivity contribution in [2.24, 2.45) is 0 Å². The first-order valence-corrected chi connectivity index (χ1v) is 6.00. The monoisotopic (exact) mass is 318 g/mol. The summed E-state index contributed by atoms with van der Waals surface area (Å²) in [6.07, 6.45) is 2.00. The molecule has 0 radical (unpaired) electrons. The Kier molecular flexibility index (Phi) is 3.58. The van der Waals surface area contributed by atoms with Crippen molar-refractivity contribution >= 4 is 27.5 Å². The molecule has 0 aliphatic carbocycles. The molecular weight excluding hydrogens is 311 g/mol. The molecule has 0 fully saturated rings. The van der Waals surface area contributed by atoms with Gasteiger partial charge in [-0.25, -0.2) is 4.98 Å². The summed E-state index contributed by atoms with van der Waals surface area (Å²) in [5, 5.41) is 3.89. The molecular formula is C9H8BrClN4O2. The van der Waals surface area contributed by atoms with Crippen LogP contribution in [0.25, 0.3) is 0 Å². The van der Waals surface area contributed by atoms with Crippen LogP contribution in [0.1, 0.15) is 18.6 Å². The minimum atomic E-state index is -0.284. The zero-order valence-electron chi connectivity index (χ0n) is 8.85. The molecule has 90 valence electrons. The molecule has 8 heteroatoms. The lowest BCUT2D eigenvalue weighted by molar-refractivity contribution is 0.375. The topological polar surface area (TPSA) is 73.8 Å². The molecule has 0 spiro atoms. The van der Waals surface area contributed by atoms with Gasteiger partial charge in [-0.15, -0.1) is 0 Å². The van der Waals surface area contributed by atoms with Gasteiger partial charge in [0.15, 0.2) is 11.0 Å². The summed E-state index contributed by atoms with van der Waals surface area (Å²) in [7, 11) is 0. The first-order chi connectivity index (χ1) is 8.11. The van der Waals surface area contributed by atoms with Crippen LogP contribution in [0.3, 0.4) is 0 Å². The summed E-state index contributed by atoms with van der Waals surface area (Å²) in [6, 6.07) is 0. The fourth-order valence-corrected chi connectivity index (χ4v) is 1.66. The first kappa shape index (κ1) is 12.3. The number of aromatic nitrogens is 4. The molecule has 0 unspecified atom stereocenters. The number of hydrogen-bond acceptors (Lipinski definition) is 5. The molecule has 2 rings (SSSR count). The van der Waals surface area contributed by atoms with E-state index in [1.165, 1.54) is 10.9 Å². The van der Waals surface area contributed by atoms with Crippen molar-refractivity contribution in [1.29, 1.82) is 0 Å². The molecule has 0 bridgehead atoms. The molecule has 2 aromatic rings. The summed E-state index contributed by atoms with van der Waals surface area (Å²) in [4.78, 5) is 19.7. The summed E-state index contributed by atoms with van der Waals surface area (Å²) < 4.78 is 6.52.